The maximum Gasteiger partial charge on any atom is 0.307 e. The summed E-state index contributed by atoms with van der Waals surface area (Å²) in [5, 5.41) is 11.0. The fraction of sp³-hybridized carbons (Fsp3) is 0.714. The smallest absolute Gasteiger partial charge is 0.307 e. The predicted molar refractivity (Wildman–Crippen MR) is 80.6 cm³/mol. The number of carbonyl (C=O) groups is 1. The molecule has 2 rings (SSSR count). The molecule has 6 nitrogen and oxygen atoms in total. The maximum absolute atomic E-state index is 12.2. The molecule has 0 radical (unpaired) electrons. The molecule has 21 heavy (non-hydrogen) atoms. The number of rotatable bonds is 5. The van der Waals surface area contributed by atoms with E-state index in [9.17, 15) is 14.7 Å². The van der Waals surface area contributed by atoms with Crippen LogP contribution in [0.1, 0.15) is 25.5 Å². The molecule has 7 heteroatoms. The average molecular weight is 314 g/mol. The lowest BCUT2D eigenvalue weighted by molar-refractivity contribution is -0.147. The highest BCUT2D eigenvalue weighted by Gasteiger charge is 2.27. The Bertz CT molecular complexity index is 539. The van der Waals surface area contributed by atoms with Crippen molar-refractivity contribution in [1.82, 2.24) is 9.47 Å². The van der Waals surface area contributed by atoms with Gasteiger partial charge < -0.3 is 19.3 Å². The molecule has 1 saturated heterocycles. The van der Waals surface area contributed by atoms with Crippen LogP contribution in [0, 0.1) is 6.92 Å². The second-order valence-corrected chi connectivity index (χ2v) is 6.27. The summed E-state index contributed by atoms with van der Waals surface area (Å²) >= 11 is 1.19. The number of ether oxygens (including phenoxy) is 1. The summed E-state index contributed by atoms with van der Waals surface area (Å²) in [5.74, 6) is 0.0598. The van der Waals surface area contributed by atoms with Crippen LogP contribution in [0.4, 0.5) is 0 Å². The van der Waals surface area contributed by atoms with E-state index < -0.39 is 0 Å². The first kappa shape index (κ1) is 16.2. The number of aromatic nitrogens is 1. The van der Waals surface area contributed by atoms with Gasteiger partial charge in [0.05, 0.1) is 18.8 Å². The molecule has 0 saturated carbocycles. The highest BCUT2D eigenvalue weighted by molar-refractivity contribution is 7.07. The van der Waals surface area contributed by atoms with Gasteiger partial charge in [-0.05, 0) is 20.3 Å². The zero-order chi connectivity index (χ0) is 15.4. The summed E-state index contributed by atoms with van der Waals surface area (Å²) < 4.78 is 7.23. The summed E-state index contributed by atoms with van der Waals surface area (Å²) in [6.07, 6.45) is 0.708. The number of carbonyl (C=O) groups excluding carboxylic acids is 1. The van der Waals surface area contributed by atoms with Gasteiger partial charge in [-0.2, -0.15) is 0 Å². The molecule has 1 aromatic heterocycles. The number of amides is 1. The Kier molecular flexibility index (Phi) is 5.55. The number of thiazole rings is 1. The highest BCUT2D eigenvalue weighted by Crippen LogP contribution is 2.13. The molecule has 2 unspecified atom stereocenters. The number of aryl methyl sites for hydroxylation is 1. The van der Waals surface area contributed by atoms with Crippen LogP contribution in [-0.4, -0.2) is 52.4 Å². The van der Waals surface area contributed by atoms with E-state index in [1.54, 1.807) is 9.47 Å². The Hall–Kier alpha value is -1.18. The third-order valence-corrected chi connectivity index (χ3v) is 4.51. The number of aliphatic hydroxyl groups is 1. The van der Waals surface area contributed by atoms with Gasteiger partial charge >= 0.3 is 4.87 Å². The van der Waals surface area contributed by atoms with Gasteiger partial charge in [0, 0.05) is 37.1 Å². The molecule has 2 heterocycles. The Morgan fingerprint density at radius 1 is 1.52 bits per heavy atom. The van der Waals surface area contributed by atoms with E-state index in [0.717, 1.165) is 5.69 Å². The molecule has 0 aliphatic carbocycles. The first-order chi connectivity index (χ1) is 10.0. The zero-order valence-electron chi connectivity index (χ0n) is 12.4. The van der Waals surface area contributed by atoms with Crippen molar-refractivity contribution >= 4 is 17.2 Å². The van der Waals surface area contributed by atoms with Crippen LogP contribution in [0.15, 0.2) is 10.2 Å². The van der Waals surface area contributed by atoms with Crippen molar-refractivity contribution in [3.05, 3.63) is 20.7 Å². The molecule has 1 amide bonds. The Morgan fingerprint density at radius 3 is 2.90 bits per heavy atom. The van der Waals surface area contributed by atoms with Crippen molar-refractivity contribution in [1.29, 1.82) is 0 Å². The van der Waals surface area contributed by atoms with E-state index in [-0.39, 0.29) is 29.6 Å². The van der Waals surface area contributed by atoms with Crippen LogP contribution >= 0.6 is 11.3 Å². The van der Waals surface area contributed by atoms with E-state index in [2.05, 4.69) is 0 Å². The molecule has 118 valence electrons. The molecule has 1 N–H and O–H groups in total. The van der Waals surface area contributed by atoms with Gasteiger partial charge in [0.15, 0.2) is 0 Å². The lowest BCUT2D eigenvalue weighted by Gasteiger charge is -2.36. The normalized spacial score (nSPS) is 22.5. The lowest BCUT2D eigenvalue weighted by Crippen LogP contribution is -2.50. The van der Waals surface area contributed by atoms with Crippen LogP contribution in [-0.2, 0) is 16.1 Å². The van der Waals surface area contributed by atoms with Gasteiger partial charge in [-0.15, -0.1) is 0 Å². The Labute approximate surface area is 128 Å². The van der Waals surface area contributed by atoms with Crippen molar-refractivity contribution in [3.63, 3.8) is 0 Å². The van der Waals surface area contributed by atoms with E-state index >= 15 is 0 Å². The SMILES string of the molecule is Cc1csc(=O)n1CCCC(=O)N1CC(C)OC(CO)C1. The van der Waals surface area contributed by atoms with E-state index in [1.807, 2.05) is 19.2 Å². The minimum atomic E-state index is -0.292. The van der Waals surface area contributed by atoms with Crippen molar-refractivity contribution in [2.24, 2.45) is 0 Å². The van der Waals surface area contributed by atoms with Gasteiger partial charge in [0.1, 0.15) is 0 Å². The highest BCUT2D eigenvalue weighted by atomic mass is 32.1. The van der Waals surface area contributed by atoms with Gasteiger partial charge in [-0.3, -0.25) is 9.59 Å². The average Bonchev–Trinajstić information content (AvgIpc) is 2.78. The van der Waals surface area contributed by atoms with Gasteiger partial charge in [0.2, 0.25) is 5.91 Å². The standard InChI is InChI=1S/C14H22N2O4S/c1-10-9-21-14(19)16(10)5-3-4-13(18)15-6-11(2)20-12(7-15)8-17/h9,11-12,17H,3-8H2,1-2H3. The van der Waals surface area contributed by atoms with Gasteiger partial charge in [-0.25, -0.2) is 0 Å². The summed E-state index contributed by atoms with van der Waals surface area (Å²) in [6, 6.07) is 0. The molecular weight excluding hydrogens is 292 g/mol. The molecular formula is C14H22N2O4S. The second kappa shape index (κ2) is 7.20. The topological polar surface area (TPSA) is 71.8 Å². The van der Waals surface area contributed by atoms with Crippen molar-refractivity contribution in [2.45, 2.75) is 45.4 Å². The lowest BCUT2D eigenvalue weighted by atomic mass is 10.2. The quantitative estimate of drug-likeness (QED) is 0.864. The van der Waals surface area contributed by atoms with Crippen molar-refractivity contribution in [2.75, 3.05) is 19.7 Å². The van der Waals surface area contributed by atoms with Crippen LogP contribution in [0.3, 0.4) is 0 Å². The molecule has 1 fully saturated rings. The molecule has 1 aliphatic rings. The summed E-state index contributed by atoms with van der Waals surface area (Å²) in [5.41, 5.74) is 0.942. The van der Waals surface area contributed by atoms with Crippen LogP contribution in [0.2, 0.25) is 0 Å². The van der Waals surface area contributed by atoms with Crippen molar-refractivity contribution in [3.8, 4) is 0 Å². The van der Waals surface area contributed by atoms with Crippen LogP contribution in [0.5, 0.6) is 0 Å². The van der Waals surface area contributed by atoms with Gasteiger partial charge in [-0.1, -0.05) is 11.3 Å². The third-order valence-electron chi connectivity index (χ3n) is 3.63. The van der Waals surface area contributed by atoms with Gasteiger partial charge in [0.25, 0.3) is 0 Å². The van der Waals surface area contributed by atoms with Crippen LogP contribution in [0.25, 0.3) is 0 Å². The molecule has 1 aromatic rings. The Morgan fingerprint density at radius 2 is 2.29 bits per heavy atom. The minimum absolute atomic E-state index is 0.0280. The second-order valence-electron chi connectivity index (χ2n) is 5.45. The van der Waals surface area contributed by atoms with E-state index in [4.69, 9.17) is 4.74 Å². The Balaban J connectivity index is 1.83. The number of hydrogen-bond donors (Lipinski definition) is 1. The summed E-state index contributed by atoms with van der Waals surface area (Å²) in [6.45, 7) is 5.30. The first-order valence-corrected chi connectivity index (χ1v) is 8.08. The molecule has 1 aliphatic heterocycles. The number of aliphatic hydroxyl groups excluding tert-OH is 1. The minimum Gasteiger partial charge on any atom is -0.394 e. The fourth-order valence-electron chi connectivity index (χ4n) is 2.57. The predicted octanol–water partition coefficient (Wildman–Crippen LogP) is 0.607. The van der Waals surface area contributed by atoms with Crippen molar-refractivity contribution < 1.29 is 14.6 Å². The molecule has 2 atom stereocenters. The third kappa shape index (κ3) is 4.15. The largest absolute Gasteiger partial charge is 0.394 e. The summed E-state index contributed by atoms with van der Waals surface area (Å²) in [4.78, 5) is 25.6. The maximum atomic E-state index is 12.2. The monoisotopic (exact) mass is 314 g/mol. The number of hydrogen-bond acceptors (Lipinski definition) is 5. The summed E-state index contributed by atoms with van der Waals surface area (Å²) in [7, 11) is 0. The zero-order valence-corrected chi connectivity index (χ0v) is 13.3. The molecule has 0 bridgehead atoms. The van der Waals surface area contributed by atoms with Crippen LogP contribution < -0.4 is 4.87 Å². The molecule has 0 aromatic carbocycles. The fourth-order valence-corrected chi connectivity index (χ4v) is 3.33. The first-order valence-electron chi connectivity index (χ1n) is 7.20. The van der Waals surface area contributed by atoms with E-state index in [1.165, 1.54) is 11.3 Å². The number of morpholine rings is 1. The number of nitrogens with zero attached hydrogens (tertiary/aromatic N) is 2. The molecule has 0 spiro atoms. The van der Waals surface area contributed by atoms with E-state index in [0.29, 0.717) is 32.5 Å².